The number of ether oxygens (including phenoxy) is 1. The molecular formula is C23H27N3O3. The first kappa shape index (κ1) is 20.6. The lowest BCUT2D eigenvalue weighted by Gasteiger charge is -2.09. The van der Waals surface area contributed by atoms with Gasteiger partial charge in [0.05, 0.1) is 18.7 Å². The fourth-order valence-electron chi connectivity index (χ4n) is 3.14. The summed E-state index contributed by atoms with van der Waals surface area (Å²) in [5, 5.41) is 13.9. The van der Waals surface area contributed by atoms with E-state index < -0.39 is 5.97 Å². The second-order valence-corrected chi connectivity index (χ2v) is 6.97. The van der Waals surface area contributed by atoms with Crippen molar-refractivity contribution in [3.05, 3.63) is 65.5 Å². The maximum Gasteiger partial charge on any atom is 0.336 e. The zero-order valence-corrected chi connectivity index (χ0v) is 17.0. The number of aryl methyl sites for hydroxylation is 1. The van der Waals surface area contributed by atoms with E-state index >= 15 is 0 Å². The van der Waals surface area contributed by atoms with Crippen molar-refractivity contribution in [3.63, 3.8) is 0 Å². The number of rotatable bonds is 10. The van der Waals surface area contributed by atoms with E-state index in [0.717, 1.165) is 42.6 Å². The van der Waals surface area contributed by atoms with Crippen molar-refractivity contribution < 1.29 is 14.6 Å². The molecule has 0 bridgehead atoms. The summed E-state index contributed by atoms with van der Waals surface area (Å²) < 4.78 is 7.51. The number of hydrogen-bond acceptors (Lipinski definition) is 4. The number of aromatic nitrogens is 3. The monoisotopic (exact) mass is 393 g/mol. The summed E-state index contributed by atoms with van der Waals surface area (Å²) in [6, 6.07) is 15.4. The number of nitrogens with zero attached hydrogens (tertiary/aromatic N) is 3. The van der Waals surface area contributed by atoms with Gasteiger partial charge in [0.2, 0.25) is 0 Å². The second kappa shape index (κ2) is 9.87. The van der Waals surface area contributed by atoms with E-state index in [9.17, 15) is 9.90 Å². The summed E-state index contributed by atoms with van der Waals surface area (Å²) >= 11 is 0. The van der Waals surface area contributed by atoms with Gasteiger partial charge in [-0.3, -0.25) is 0 Å². The van der Waals surface area contributed by atoms with Crippen LogP contribution < -0.4 is 4.74 Å². The Hall–Kier alpha value is -3.15. The molecule has 1 heterocycles. The first-order valence-corrected chi connectivity index (χ1v) is 10.1. The van der Waals surface area contributed by atoms with Crippen molar-refractivity contribution in [1.29, 1.82) is 0 Å². The number of carboxylic acids is 1. The Kier molecular flexibility index (Phi) is 7.00. The number of carbonyl (C=O) groups is 1. The van der Waals surface area contributed by atoms with Crippen LogP contribution in [0.3, 0.4) is 0 Å². The molecule has 0 saturated carbocycles. The molecule has 1 N–H and O–H groups in total. The van der Waals surface area contributed by atoms with Gasteiger partial charge < -0.3 is 9.84 Å². The number of carboxylic acid groups (broad SMARTS) is 1. The van der Waals surface area contributed by atoms with E-state index in [1.54, 1.807) is 12.1 Å². The summed E-state index contributed by atoms with van der Waals surface area (Å²) in [5.74, 6) is 0.00530. The highest BCUT2D eigenvalue weighted by Gasteiger charge is 2.13. The van der Waals surface area contributed by atoms with Gasteiger partial charge in [0.15, 0.2) is 0 Å². The normalized spacial score (nSPS) is 10.8. The summed E-state index contributed by atoms with van der Waals surface area (Å²) in [6.07, 6.45) is 3.92. The molecule has 1 aromatic heterocycles. The molecule has 0 atom stereocenters. The van der Waals surface area contributed by atoms with Gasteiger partial charge in [-0.05, 0) is 35.6 Å². The van der Waals surface area contributed by atoms with Gasteiger partial charge in [-0.15, -0.1) is 5.10 Å². The zero-order chi connectivity index (χ0) is 20.6. The SMILES string of the molecule is CCCCc1nc(OCCC)nn1Cc1ccc(-c2ccccc2C(=O)O)cc1. The Balaban J connectivity index is 1.81. The molecule has 0 unspecified atom stereocenters. The topological polar surface area (TPSA) is 77.2 Å². The fraction of sp³-hybridized carbons (Fsp3) is 0.348. The van der Waals surface area contributed by atoms with Crippen LogP contribution in [0, 0.1) is 0 Å². The van der Waals surface area contributed by atoms with Crippen molar-refractivity contribution in [2.45, 2.75) is 46.1 Å². The molecule has 0 aliphatic heterocycles. The molecule has 3 rings (SSSR count). The van der Waals surface area contributed by atoms with Crippen molar-refractivity contribution in [1.82, 2.24) is 14.8 Å². The molecule has 0 spiro atoms. The van der Waals surface area contributed by atoms with Gasteiger partial charge in [0.1, 0.15) is 5.82 Å². The standard InChI is InChI=1S/C23H27N3O3/c1-3-5-10-21-24-23(29-15-4-2)25-26(21)16-17-11-13-18(14-12-17)19-8-6-7-9-20(19)22(27)28/h6-9,11-14H,3-5,10,15-16H2,1-2H3,(H,27,28). The molecule has 152 valence electrons. The Morgan fingerprint density at radius 1 is 1.07 bits per heavy atom. The first-order chi connectivity index (χ1) is 14.1. The van der Waals surface area contributed by atoms with Crippen molar-refractivity contribution in [2.75, 3.05) is 6.61 Å². The molecule has 0 saturated heterocycles. The fourth-order valence-corrected chi connectivity index (χ4v) is 3.14. The van der Waals surface area contributed by atoms with Gasteiger partial charge in [0, 0.05) is 6.42 Å². The van der Waals surface area contributed by atoms with Crippen LogP contribution in [0.1, 0.15) is 54.9 Å². The molecule has 0 radical (unpaired) electrons. The lowest BCUT2D eigenvalue weighted by molar-refractivity contribution is 0.0697. The van der Waals surface area contributed by atoms with E-state index in [1.807, 2.05) is 41.1 Å². The molecule has 6 heteroatoms. The number of hydrogen-bond donors (Lipinski definition) is 1. The number of aromatic carboxylic acids is 1. The van der Waals surface area contributed by atoms with Gasteiger partial charge in [0.25, 0.3) is 0 Å². The van der Waals surface area contributed by atoms with Gasteiger partial charge in [-0.25, -0.2) is 9.48 Å². The van der Waals surface area contributed by atoms with E-state index in [0.29, 0.717) is 30.3 Å². The van der Waals surface area contributed by atoms with Crippen LogP contribution in [-0.4, -0.2) is 32.4 Å². The summed E-state index contributed by atoms with van der Waals surface area (Å²) in [4.78, 5) is 16.0. The minimum absolute atomic E-state index is 0.302. The molecular weight excluding hydrogens is 366 g/mol. The third-order valence-corrected chi connectivity index (χ3v) is 4.67. The molecule has 0 fully saturated rings. The van der Waals surface area contributed by atoms with Gasteiger partial charge in [-0.2, -0.15) is 4.98 Å². The average molecular weight is 393 g/mol. The Morgan fingerprint density at radius 2 is 1.83 bits per heavy atom. The highest BCUT2D eigenvalue weighted by Crippen LogP contribution is 2.24. The largest absolute Gasteiger partial charge is 0.478 e. The van der Waals surface area contributed by atoms with E-state index in [2.05, 4.69) is 23.9 Å². The molecule has 0 amide bonds. The van der Waals surface area contributed by atoms with Crippen LogP contribution in [0.25, 0.3) is 11.1 Å². The highest BCUT2D eigenvalue weighted by molar-refractivity contribution is 5.95. The van der Waals surface area contributed by atoms with Crippen LogP contribution >= 0.6 is 0 Å². The molecule has 6 nitrogen and oxygen atoms in total. The third kappa shape index (κ3) is 5.22. The summed E-state index contributed by atoms with van der Waals surface area (Å²) in [6.45, 7) is 5.42. The predicted octanol–water partition coefficient (Wildman–Crippen LogP) is 4.82. The zero-order valence-electron chi connectivity index (χ0n) is 17.0. The van der Waals surface area contributed by atoms with Crippen LogP contribution in [0.4, 0.5) is 0 Å². The van der Waals surface area contributed by atoms with Crippen molar-refractivity contribution in [2.24, 2.45) is 0 Å². The Morgan fingerprint density at radius 3 is 2.52 bits per heavy atom. The third-order valence-electron chi connectivity index (χ3n) is 4.67. The first-order valence-electron chi connectivity index (χ1n) is 10.1. The maximum absolute atomic E-state index is 11.5. The van der Waals surface area contributed by atoms with Crippen LogP contribution in [0.15, 0.2) is 48.5 Å². The van der Waals surface area contributed by atoms with E-state index in [1.165, 1.54) is 0 Å². The summed E-state index contributed by atoms with van der Waals surface area (Å²) in [7, 11) is 0. The maximum atomic E-state index is 11.5. The highest BCUT2D eigenvalue weighted by atomic mass is 16.5. The molecule has 3 aromatic rings. The average Bonchev–Trinajstić information content (AvgIpc) is 3.12. The Labute approximate surface area is 171 Å². The minimum Gasteiger partial charge on any atom is -0.478 e. The Bertz CT molecular complexity index is 948. The van der Waals surface area contributed by atoms with Crippen molar-refractivity contribution >= 4 is 5.97 Å². The lowest BCUT2D eigenvalue weighted by Crippen LogP contribution is -2.07. The van der Waals surface area contributed by atoms with Gasteiger partial charge in [-0.1, -0.05) is 62.7 Å². The minimum atomic E-state index is -0.924. The molecule has 0 aliphatic carbocycles. The van der Waals surface area contributed by atoms with E-state index in [4.69, 9.17) is 4.74 Å². The molecule has 2 aromatic carbocycles. The van der Waals surface area contributed by atoms with Crippen LogP contribution in [0.5, 0.6) is 6.01 Å². The molecule has 0 aliphatic rings. The van der Waals surface area contributed by atoms with Crippen LogP contribution in [0.2, 0.25) is 0 Å². The second-order valence-electron chi connectivity index (χ2n) is 6.97. The summed E-state index contributed by atoms with van der Waals surface area (Å²) in [5.41, 5.74) is 2.97. The number of benzene rings is 2. The molecule has 29 heavy (non-hydrogen) atoms. The lowest BCUT2D eigenvalue weighted by atomic mass is 9.99. The number of unbranched alkanes of at least 4 members (excludes halogenated alkanes) is 1. The van der Waals surface area contributed by atoms with E-state index in [-0.39, 0.29) is 0 Å². The quantitative estimate of drug-likeness (QED) is 0.534. The van der Waals surface area contributed by atoms with Gasteiger partial charge >= 0.3 is 12.0 Å². The van der Waals surface area contributed by atoms with Crippen molar-refractivity contribution in [3.8, 4) is 17.1 Å². The van der Waals surface area contributed by atoms with Crippen LogP contribution in [-0.2, 0) is 13.0 Å². The predicted molar refractivity (Wildman–Crippen MR) is 112 cm³/mol. The smallest absolute Gasteiger partial charge is 0.336 e.